The minimum Gasteiger partial charge on any atom is -0.254 e. The van der Waals surface area contributed by atoms with Gasteiger partial charge in [0.2, 0.25) is 0 Å². The molecule has 1 rings (SSSR count). The van der Waals surface area contributed by atoms with Crippen molar-refractivity contribution in [1.29, 1.82) is 0 Å². The summed E-state index contributed by atoms with van der Waals surface area (Å²) < 4.78 is 0. The van der Waals surface area contributed by atoms with Gasteiger partial charge < -0.3 is 0 Å². The van der Waals surface area contributed by atoms with Crippen molar-refractivity contribution in [3.8, 4) is 0 Å². The predicted octanol–water partition coefficient (Wildman–Crippen LogP) is 3.81. The van der Waals surface area contributed by atoms with Crippen LogP contribution in [0, 0.1) is 13.8 Å². The topological polar surface area (TPSA) is 25.8 Å². The highest BCUT2D eigenvalue weighted by Crippen LogP contribution is 2.17. The summed E-state index contributed by atoms with van der Waals surface area (Å²) in [7, 11) is 0. The van der Waals surface area contributed by atoms with Gasteiger partial charge in [-0.2, -0.15) is 0 Å². The van der Waals surface area contributed by atoms with Gasteiger partial charge in [0.25, 0.3) is 0 Å². The Morgan fingerprint density at radius 2 is 1.47 bits per heavy atom. The summed E-state index contributed by atoms with van der Waals surface area (Å²) >= 11 is 0. The molecule has 0 aliphatic rings. The molecule has 0 spiro atoms. The molecule has 2 heteroatoms. The molecule has 15 heavy (non-hydrogen) atoms. The summed E-state index contributed by atoms with van der Waals surface area (Å²) in [6, 6.07) is 0. The second-order valence-corrected chi connectivity index (χ2v) is 3.73. The van der Waals surface area contributed by atoms with E-state index in [4.69, 9.17) is 0 Å². The highest BCUT2D eigenvalue weighted by Gasteiger charge is 2.10. The van der Waals surface area contributed by atoms with Crippen molar-refractivity contribution in [3.05, 3.63) is 22.8 Å². The van der Waals surface area contributed by atoms with Gasteiger partial charge in [-0.05, 0) is 26.2 Å². The zero-order valence-electron chi connectivity index (χ0n) is 11.2. The number of nitrogens with zero attached hydrogens (tertiary/aromatic N) is 2. The van der Waals surface area contributed by atoms with E-state index in [0.717, 1.165) is 29.2 Å². The van der Waals surface area contributed by atoms with Crippen LogP contribution in [0.5, 0.6) is 0 Å². The van der Waals surface area contributed by atoms with Crippen LogP contribution in [0.15, 0.2) is 0 Å². The van der Waals surface area contributed by atoms with E-state index in [2.05, 4.69) is 30.7 Å². The van der Waals surface area contributed by atoms with Crippen molar-refractivity contribution >= 4 is 0 Å². The fourth-order valence-electron chi connectivity index (χ4n) is 1.39. The maximum atomic E-state index is 4.58. The molecule has 1 heterocycles. The summed E-state index contributed by atoms with van der Waals surface area (Å²) in [5.41, 5.74) is 4.42. The van der Waals surface area contributed by atoms with Gasteiger partial charge in [-0.15, -0.1) is 0 Å². The average molecular weight is 208 g/mol. The third-order valence-electron chi connectivity index (χ3n) is 2.29. The highest BCUT2D eigenvalue weighted by atomic mass is 14.8. The van der Waals surface area contributed by atoms with Crippen LogP contribution in [-0.2, 0) is 6.42 Å². The van der Waals surface area contributed by atoms with E-state index in [1.165, 1.54) is 0 Å². The van der Waals surface area contributed by atoms with E-state index in [0.29, 0.717) is 5.92 Å². The Morgan fingerprint density at radius 3 is 1.87 bits per heavy atom. The Bertz CT molecular complexity index is 304. The van der Waals surface area contributed by atoms with Gasteiger partial charge in [-0.3, -0.25) is 9.97 Å². The van der Waals surface area contributed by atoms with E-state index in [1.807, 2.05) is 27.7 Å². The summed E-state index contributed by atoms with van der Waals surface area (Å²) in [6.07, 6.45) is 0.974. The van der Waals surface area contributed by atoms with Crippen LogP contribution in [0.4, 0.5) is 0 Å². The molecule has 0 saturated heterocycles. The van der Waals surface area contributed by atoms with Crippen LogP contribution in [0.1, 0.15) is 63.3 Å². The summed E-state index contributed by atoms with van der Waals surface area (Å²) in [4.78, 5) is 9.13. The smallest absolute Gasteiger partial charge is 0.0647 e. The summed E-state index contributed by atoms with van der Waals surface area (Å²) in [6.45, 7) is 14.5. The number of rotatable bonds is 2. The van der Waals surface area contributed by atoms with Crippen molar-refractivity contribution in [3.63, 3.8) is 0 Å². The van der Waals surface area contributed by atoms with Crippen LogP contribution in [0.25, 0.3) is 0 Å². The lowest BCUT2D eigenvalue weighted by Crippen LogP contribution is -2.06. The van der Waals surface area contributed by atoms with Crippen LogP contribution in [-0.4, -0.2) is 9.97 Å². The van der Waals surface area contributed by atoms with Gasteiger partial charge in [0.1, 0.15) is 0 Å². The van der Waals surface area contributed by atoms with E-state index in [-0.39, 0.29) is 0 Å². The first-order valence-corrected chi connectivity index (χ1v) is 5.90. The molecular weight excluding hydrogens is 184 g/mol. The third-order valence-corrected chi connectivity index (χ3v) is 2.29. The number of hydrogen-bond donors (Lipinski definition) is 0. The number of hydrogen-bond acceptors (Lipinski definition) is 2. The lowest BCUT2D eigenvalue weighted by atomic mass is 10.1. The molecule has 0 aliphatic heterocycles. The van der Waals surface area contributed by atoms with Crippen molar-refractivity contribution in [2.45, 2.75) is 60.8 Å². The molecule has 0 amide bonds. The van der Waals surface area contributed by atoms with Gasteiger partial charge in [0.15, 0.2) is 0 Å². The molecule has 0 aromatic carbocycles. The quantitative estimate of drug-likeness (QED) is 0.738. The molecule has 0 fully saturated rings. The maximum absolute atomic E-state index is 4.58. The third kappa shape index (κ3) is 3.61. The van der Waals surface area contributed by atoms with Gasteiger partial charge in [-0.25, -0.2) is 0 Å². The van der Waals surface area contributed by atoms with Crippen molar-refractivity contribution < 1.29 is 0 Å². The molecular formula is C13H24N2. The van der Waals surface area contributed by atoms with Crippen molar-refractivity contribution in [2.24, 2.45) is 0 Å². The molecule has 0 radical (unpaired) electrons. The number of aryl methyl sites for hydroxylation is 3. The molecule has 0 bridgehead atoms. The number of aromatic nitrogens is 2. The largest absolute Gasteiger partial charge is 0.254 e. The van der Waals surface area contributed by atoms with Gasteiger partial charge >= 0.3 is 0 Å². The maximum Gasteiger partial charge on any atom is 0.0647 e. The SMILES string of the molecule is CC.CCc1nc(C)c(C)nc1C(C)C. The monoisotopic (exact) mass is 208 g/mol. The molecule has 0 unspecified atom stereocenters. The standard InChI is InChI=1S/C11H18N2.C2H6/c1-6-10-11(7(2)3)13-9(5)8(4)12-10;1-2/h7H,6H2,1-5H3;1-2H3. The average Bonchev–Trinajstić information content (AvgIpc) is 2.24. The van der Waals surface area contributed by atoms with Crippen molar-refractivity contribution in [1.82, 2.24) is 9.97 Å². The molecule has 2 nitrogen and oxygen atoms in total. The van der Waals surface area contributed by atoms with Crippen molar-refractivity contribution in [2.75, 3.05) is 0 Å². The minimum absolute atomic E-state index is 0.474. The first kappa shape index (κ1) is 14.1. The van der Waals surface area contributed by atoms with E-state index >= 15 is 0 Å². The summed E-state index contributed by atoms with van der Waals surface area (Å²) in [5.74, 6) is 0.474. The van der Waals surface area contributed by atoms with Crippen LogP contribution in [0.2, 0.25) is 0 Å². The Balaban J connectivity index is 0.000000921. The zero-order valence-corrected chi connectivity index (χ0v) is 11.2. The van der Waals surface area contributed by atoms with Gasteiger partial charge in [-0.1, -0.05) is 34.6 Å². The van der Waals surface area contributed by atoms with Gasteiger partial charge in [0, 0.05) is 0 Å². The van der Waals surface area contributed by atoms with Gasteiger partial charge in [0.05, 0.1) is 22.8 Å². The fraction of sp³-hybridized carbons (Fsp3) is 0.692. The van der Waals surface area contributed by atoms with E-state index in [1.54, 1.807) is 0 Å². The van der Waals surface area contributed by atoms with E-state index in [9.17, 15) is 0 Å². The highest BCUT2D eigenvalue weighted by molar-refractivity contribution is 5.21. The van der Waals surface area contributed by atoms with Crippen LogP contribution in [0.3, 0.4) is 0 Å². The van der Waals surface area contributed by atoms with Crippen LogP contribution < -0.4 is 0 Å². The normalized spacial score (nSPS) is 9.87. The Hall–Kier alpha value is -0.920. The minimum atomic E-state index is 0.474. The van der Waals surface area contributed by atoms with Crippen LogP contribution >= 0.6 is 0 Å². The second-order valence-electron chi connectivity index (χ2n) is 3.73. The molecule has 1 aromatic heterocycles. The molecule has 1 aromatic rings. The Morgan fingerprint density at radius 1 is 1.00 bits per heavy atom. The zero-order chi connectivity index (χ0) is 12.0. The summed E-state index contributed by atoms with van der Waals surface area (Å²) in [5, 5.41) is 0. The molecule has 0 aliphatic carbocycles. The molecule has 0 atom stereocenters. The molecule has 0 saturated carbocycles. The lowest BCUT2D eigenvalue weighted by molar-refractivity contribution is 0.762. The molecule has 86 valence electrons. The fourth-order valence-corrected chi connectivity index (χ4v) is 1.39. The lowest BCUT2D eigenvalue weighted by Gasteiger charge is -2.11. The van der Waals surface area contributed by atoms with E-state index < -0.39 is 0 Å². The Kier molecular flexibility index (Phi) is 6.14. The first-order chi connectivity index (χ1) is 7.06. The Labute approximate surface area is 94.2 Å². The predicted molar refractivity (Wildman–Crippen MR) is 66.3 cm³/mol. The first-order valence-electron chi connectivity index (χ1n) is 5.90. The molecule has 0 N–H and O–H groups in total. The second kappa shape index (κ2) is 6.54.